The van der Waals surface area contributed by atoms with Gasteiger partial charge >= 0.3 is 0 Å². The van der Waals surface area contributed by atoms with Crippen LogP contribution in [0, 0.1) is 5.41 Å². The molecule has 34 heavy (non-hydrogen) atoms. The van der Waals surface area contributed by atoms with Crippen molar-refractivity contribution < 1.29 is 0 Å². The van der Waals surface area contributed by atoms with E-state index >= 15 is 0 Å². The highest BCUT2D eigenvalue weighted by Gasteiger charge is 2.10. The highest BCUT2D eigenvalue weighted by molar-refractivity contribution is 6.06. The molecular formula is C26H32N8. The van der Waals surface area contributed by atoms with Crippen molar-refractivity contribution >= 4 is 51.9 Å². The summed E-state index contributed by atoms with van der Waals surface area (Å²) in [6.07, 6.45) is 7.46. The molecule has 8 N–H and O–H groups in total. The Labute approximate surface area is 199 Å². The molecule has 2 aromatic heterocycles. The van der Waals surface area contributed by atoms with Crippen molar-refractivity contribution in [3.63, 3.8) is 0 Å². The number of amidine groups is 1. The zero-order valence-electron chi connectivity index (χ0n) is 20.1. The molecule has 176 valence electrons. The van der Waals surface area contributed by atoms with E-state index in [0.29, 0.717) is 29.4 Å². The van der Waals surface area contributed by atoms with Gasteiger partial charge in [-0.15, -0.1) is 0 Å². The van der Waals surface area contributed by atoms with E-state index in [0.717, 1.165) is 44.7 Å². The maximum absolute atomic E-state index is 7.88. The van der Waals surface area contributed by atoms with Crippen molar-refractivity contribution in [2.45, 2.75) is 34.1 Å². The summed E-state index contributed by atoms with van der Waals surface area (Å²) in [7, 11) is 0. The number of nitrogens with zero attached hydrogens (tertiary/aromatic N) is 3. The van der Waals surface area contributed by atoms with Crippen molar-refractivity contribution in [2.24, 2.45) is 21.5 Å². The second kappa shape index (κ2) is 10.7. The van der Waals surface area contributed by atoms with Gasteiger partial charge in [-0.1, -0.05) is 18.6 Å². The van der Waals surface area contributed by atoms with E-state index in [9.17, 15) is 0 Å². The van der Waals surface area contributed by atoms with E-state index in [4.69, 9.17) is 27.6 Å². The van der Waals surface area contributed by atoms with Gasteiger partial charge in [0.1, 0.15) is 5.84 Å². The zero-order valence-corrected chi connectivity index (χ0v) is 20.1. The third kappa shape index (κ3) is 4.97. The third-order valence-corrected chi connectivity index (χ3v) is 5.79. The number of anilines is 1. The van der Waals surface area contributed by atoms with E-state index < -0.39 is 0 Å². The number of aromatic nitrogens is 2. The van der Waals surface area contributed by atoms with E-state index in [1.54, 1.807) is 12.4 Å². The molecule has 1 aromatic carbocycles. The number of fused-ring (bicyclic) bond motifs is 1. The molecule has 2 heterocycles. The molecule has 8 nitrogen and oxygen atoms in total. The lowest BCUT2D eigenvalue weighted by molar-refractivity contribution is 1.20. The van der Waals surface area contributed by atoms with Crippen LogP contribution in [0.15, 0.2) is 52.1 Å². The van der Waals surface area contributed by atoms with E-state index in [1.165, 1.54) is 11.8 Å². The number of hydrogen-bond acceptors (Lipinski definition) is 6. The van der Waals surface area contributed by atoms with Crippen LogP contribution in [0.3, 0.4) is 0 Å². The summed E-state index contributed by atoms with van der Waals surface area (Å²) in [5.41, 5.74) is 23.6. The number of pyridine rings is 1. The Bertz CT molecular complexity index is 1440. The lowest BCUT2D eigenvalue weighted by Gasteiger charge is -2.05. The van der Waals surface area contributed by atoms with Gasteiger partial charge in [0, 0.05) is 57.6 Å². The van der Waals surface area contributed by atoms with Crippen molar-refractivity contribution in [1.29, 1.82) is 5.41 Å². The van der Waals surface area contributed by atoms with Gasteiger partial charge in [-0.05, 0) is 57.0 Å². The second-order valence-electron chi connectivity index (χ2n) is 8.02. The van der Waals surface area contributed by atoms with Crippen LogP contribution >= 0.6 is 0 Å². The van der Waals surface area contributed by atoms with E-state index in [1.807, 2.05) is 44.2 Å². The maximum Gasteiger partial charge on any atom is 0.163 e. The Balaban J connectivity index is 2.21. The molecule has 0 saturated heterocycles. The number of aromatic amines is 1. The molecule has 0 saturated carbocycles. The minimum absolute atomic E-state index is 0.366. The summed E-state index contributed by atoms with van der Waals surface area (Å²) in [6, 6.07) is 7.51. The molecule has 0 atom stereocenters. The molecule has 8 heteroatoms. The molecule has 0 amide bonds. The Morgan fingerprint density at radius 1 is 1.21 bits per heavy atom. The smallest absolute Gasteiger partial charge is 0.163 e. The molecule has 0 unspecified atom stereocenters. The molecule has 0 aliphatic rings. The van der Waals surface area contributed by atoms with E-state index in [2.05, 4.69) is 28.8 Å². The van der Waals surface area contributed by atoms with Crippen LogP contribution in [0.5, 0.6) is 0 Å². The molecule has 0 spiro atoms. The average molecular weight is 457 g/mol. The summed E-state index contributed by atoms with van der Waals surface area (Å²) in [5, 5.41) is 10.7. The van der Waals surface area contributed by atoms with Crippen molar-refractivity contribution in [2.75, 3.05) is 12.3 Å². The van der Waals surface area contributed by atoms with Gasteiger partial charge in [0.2, 0.25) is 0 Å². The summed E-state index contributed by atoms with van der Waals surface area (Å²) >= 11 is 0. The van der Waals surface area contributed by atoms with Crippen LogP contribution in [0.2, 0.25) is 0 Å². The standard InChI is InChI=1S/C26H32N8/c1-5-15(2)23-22(33-21-9-8-20(29)19(13-28)24(21)23)14-32-17(4)18-7-6-12-31-26(18)34-25(30)16(3)10-11-27/h6-10,12-14,28,33H,5,11,27,29H2,1-4H3,(H2,30,31,34)/b16-10-,22-14-,23-15-,28-13?,32-17?. The van der Waals surface area contributed by atoms with Crippen LogP contribution in [0.1, 0.15) is 45.2 Å². The first-order valence-corrected chi connectivity index (χ1v) is 11.1. The van der Waals surface area contributed by atoms with Crippen LogP contribution in [0.4, 0.5) is 11.5 Å². The minimum atomic E-state index is 0.366. The van der Waals surface area contributed by atoms with Crippen LogP contribution in [-0.2, 0) is 0 Å². The number of aliphatic imine (C=N–C) groups is 2. The van der Waals surface area contributed by atoms with Crippen LogP contribution in [0.25, 0.3) is 22.7 Å². The number of benzene rings is 1. The number of rotatable bonds is 7. The molecule has 3 rings (SSSR count). The first-order chi connectivity index (χ1) is 16.3. The predicted molar refractivity (Wildman–Crippen MR) is 144 cm³/mol. The number of nitrogens with one attached hydrogen (secondary N) is 2. The Morgan fingerprint density at radius 3 is 2.65 bits per heavy atom. The number of nitrogens with two attached hydrogens (primary N) is 3. The topological polar surface area (TPSA) is 155 Å². The fourth-order valence-corrected chi connectivity index (χ4v) is 3.71. The Hall–Kier alpha value is -4.04. The van der Waals surface area contributed by atoms with Crippen molar-refractivity contribution in [3.8, 4) is 0 Å². The molecule has 0 radical (unpaired) electrons. The quantitative estimate of drug-likeness (QED) is 0.210. The number of hydrogen-bond donors (Lipinski definition) is 5. The SMILES string of the molecule is CC/C(C)=c1/c(=C/N=C(C)c2cccnc2/N=C(N)\C(C)=C/CN)[nH]c2ccc(N)c(C=N)c12. The van der Waals surface area contributed by atoms with Crippen molar-refractivity contribution in [3.05, 3.63) is 63.8 Å². The average Bonchev–Trinajstić information content (AvgIpc) is 3.21. The zero-order chi connectivity index (χ0) is 24.8. The van der Waals surface area contributed by atoms with Gasteiger partial charge in [0.15, 0.2) is 5.82 Å². The third-order valence-electron chi connectivity index (χ3n) is 5.79. The molecule has 0 aliphatic heterocycles. The van der Waals surface area contributed by atoms with Gasteiger partial charge in [-0.3, -0.25) is 4.99 Å². The van der Waals surface area contributed by atoms with Crippen LogP contribution in [-0.4, -0.2) is 34.3 Å². The first-order valence-electron chi connectivity index (χ1n) is 11.1. The first kappa shape index (κ1) is 24.6. The Kier molecular flexibility index (Phi) is 7.75. The number of nitrogen functional groups attached to an aromatic ring is 1. The van der Waals surface area contributed by atoms with E-state index in [-0.39, 0.29) is 0 Å². The fraction of sp³-hybridized carbons (Fsp3) is 0.231. The van der Waals surface area contributed by atoms with Gasteiger partial charge in [0.25, 0.3) is 0 Å². The Morgan fingerprint density at radius 2 is 1.97 bits per heavy atom. The lowest BCUT2D eigenvalue weighted by Crippen LogP contribution is -2.25. The second-order valence-corrected chi connectivity index (χ2v) is 8.02. The summed E-state index contributed by atoms with van der Waals surface area (Å²) in [5.74, 6) is 0.858. The minimum Gasteiger partial charge on any atom is -0.398 e. The highest BCUT2D eigenvalue weighted by Crippen LogP contribution is 2.19. The molecule has 3 aromatic rings. The fourth-order valence-electron chi connectivity index (χ4n) is 3.71. The lowest BCUT2D eigenvalue weighted by atomic mass is 10.0. The summed E-state index contributed by atoms with van der Waals surface area (Å²) in [6.45, 7) is 8.35. The highest BCUT2D eigenvalue weighted by atomic mass is 15.0. The number of H-pyrrole nitrogens is 1. The largest absolute Gasteiger partial charge is 0.398 e. The van der Waals surface area contributed by atoms with Gasteiger partial charge in [-0.25, -0.2) is 9.98 Å². The van der Waals surface area contributed by atoms with Gasteiger partial charge in [-0.2, -0.15) is 0 Å². The van der Waals surface area contributed by atoms with Crippen molar-refractivity contribution in [1.82, 2.24) is 9.97 Å². The monoisotopic (exact) mass is 456 g/mol. The van der Waals surface area contributed by atoms with Gasteiger partial charge in [0.05, 0.1) is 11.5 Å². The molecular weight excluding hydrogens is 424 g/mol. The molecule has 0 fully saturated rings. The molecule has 0 bridgehead atoms. The maximum atomic E-state index is 7.88. The normalized spacial score (nSPS) is 14.6. The summed E-state index contributed by atoms with van der Waals surface area (Å²) < 4.78 is 0. The summed E-state index contributed by atoms with van der Waals surface area (Å²) in [4.78, 5) is 17.1. The van der Waals surface area contributed by atoms with Crippen LogP contribution < -0.4 is 27.8 Å². The van der Waals surface area contributed by atoms with Gasteiger partial charge < -0.3 is 27.6 Å². The molecule has 0 aliphatic carbocycles. The predicted octanol–water partition coefficient (Wildman–Crippen LogP) is 2.86.